The highest BCUT2D eigenvalue weighted by Gasteiger charge is 2.20. The van der Waals surface area contributed by atoms with Crippen molar-refractivity contribution in [1.82, 2.24) is 19.7 Å². The fourth-order valence-electron chi connectivity index (χ4n) is 2.23. The number of aromatic nitrogens is 3. The van der Waals surface area contributed by atoms with Crippen LogP contribution in [0.2, 0.25) is 0 Å². The van der Waals surface area contributed by atoms with Crippen LogP contribution in [0.4, 0.5) is 0 Å². The summed E-state index contributed by atoms with van der Waals surface area (Å²) in [6, 6.07) is 1.73. The average Bonchev–Trinajstić information content (AvgIpc) is 2.87. The van der Waals surface area contributed by atoms with Gasteiger partial charge in [-0.25, -0.2) is 0 Å². The number of pyridine rings is 1. The van der Waals surface area contributed by atoms with Crippen molar-refractivity contribution in [2.24, 2.45) is 5.73 Å². The second-order valence-electron chi connectivity index (χ2n) is 5.40. The van der Waals surface area contributed by atoms with Crippen LogP contribution in [0, 0.1) is 6.92 Å². The smallest absolute Gasteiger partial charge is 0.161 e. The molecule has 0 aliphatic heterocycles. The Balaban J connectivity index is 2.34. The fraction of sp³-hybridized carbons (Fsp3) is 0.467. The molecule has 0 aliphatic carbocycles. The molecule has 114 valence electrons. The first-order valence-corrected chi connectivity index (χ1v) is 6.94. The maximum atomic E-state index is 6.42. The molecule has 2 aromatic rings. The number of nitrogens with zero attached hydrogens (tertiary/aromatic N) is 4. The molecular weight excluding hydrogens is 266 g/mol. The van der Waals surface area contributed by atoms with Crippen molar-refractivity contribution in [2.75, 3.05) is 27.7 Å². The Morgan fingerprint density at radius 1 is 1.33 bits per heavy atom. The lowest BCUT2D eigenvalue weighted by atomic mass is 10.0. The standard InChI is InChI=1S/C15H23N5O/c1-11-7-12(9-17-8-11)14(16)15-13(21-4)10-18-20(15)6-5-19(2)3/h7-10,14H,5-6,16H2,1-4H3. The van der Waals surface area contributed by atoms with Gasteiger partial charge in [-0.2, -0.15) is 5.10 Å². The first kappa shape index (κ1) is 15.5. The lowest BCUT2D eigenvalue weighted by Crippen LogP contribution is -2.23. The number of likely N-dealkylation sites (N-methyl/N-ethyl adjacent to an activating group) is 1. The van der Waals surface area contributed by atoms with Crippen LogP contribution in [-0.2, 0) is 6.54 Å². The number of ether oxygens (including phenoxy) is 1. The van der Waals surface area contributed by atoms with Crippen LogP contribution in [0.25, 0.3) is 0 Å². The summed E-state index contributed by atoms with van der Waals surface area (Å²) in [5, 5.41) is 4.39. The Kier molecular flexibility index (Phi) is 4.93. The van der Waals surface area contributed by atoms with Gasteiger partial charge in [0.1, 0.15) is 5.69 Å². The molecule has 0 radical (unpaired) electrons. The van der Waals surface area contributed by atoms with Crippen LogP contribution in [0.1, 0.15) is 22.9 Å². The summed E-state index contributed by atoms with van der Waals surface area (Å²) in [4.78, 5) is 6.32. The van der Waals surface area contributed by atoms with E-state index in [2.05, 4.69) is 15.0 Å². The molecule has 0 saturated carbocycles. The Morgan fingerprint density at radius 3 is 2.71 bits per heavy atom. The van der Waals surface area contributed by atoms with Gasteiger partial charge in [0, 0.05) is 18.9 Å². The van der Waals surface area contributed by atoms with Crippen LogP contribution in [0.5, 0.6) is 5.75 Å². The number of hydrogen-bond acceptors (Lipinski definition) is 5. The molecular formula is C15H23N5O. The molecule has 0 saturated heterocycles. The van der Waals surface area contributed by atoms with Gasteiger partial charge in [0.05, 0.1) is 25.9 Å². The maximum absolute atomic E-state index is 6.42. The van der Waals surface area contributed by atoms with Crippen molar-refractivity contribution in [1.29, 1.82) is 0 Å². The summed E-state index contributed by atoms with van der Waals surface area (Å²) in [5.41, 5.74) is 9.34. The quantitative estimate of drug-likeness (QED) is 0.865. The van der Waals surface area contributed by atoms with E-state index < -0.39 is 0 Å². The molecule has 0 aromatic carbocycles. The highest BCUT2D eigenvalue weighted by atomic mass is 16.5. The van der Waals surface area contributed by atoms with E-state index in [1.165, 1.54) is 0 Å². The third-order valence-electron chi connectivity index (χ3n) is 3.37. The summed E-state index contributed by atoms with van der Waals surface area (Å²) < 4.78 is 7.32. The van der Waals surface area contributed by atoms with Gasteiger partial charge in [-0.3, -0.25) is 9.67 Å². The molecule has 21 heavy (non-hydrogen) atoms. The van der Waals surface area contributed by atoms with Gasteiger partial charge < -0.3 is 15.4 Å². The third-order valence-corrected chi connectivity index (χ3v) is 3.37. The van der Waals surface area contributed by atoms with Gasteiger partial charge in [0.15, 0.2) is 5.75 Å². The minimum absolute atomic E-state index is 0.308. The summed E-state index contributed by atoms with van der Waals surface area (Å²) >= 11 is 0. The van der Waals surface area contributed by atoms with Crippen LogP contribution < -0.4 is 10.5 Å². The van der Waals surface area contributed by atoms with E-state index in [1.807, 2.05) is 38.0 Å². The zero-order valence-corrected chi connectivity index (χ0v) is 13.1. The minimum atomic E-state index is -0.308. The van der Waals surface area contributed by atoms with E-state index in [0.717, 1.165) is 29.9 Å². The molecule has 0 spiro atoms. The zero-order valence-electron chi connectivity index (χ0n) is 13.1. The molecule has 0 bridgehead atoms. The molecule has 0 amide bonds. The van der Waals surface area contributed by atoms with E-state index in [-0.39, 0.29) is 6.04 Å². The fourth-order valence-corrected chi connectivity index (χ4v) is 2.23. The van der Waals surface area contributed by atoms with Gasteiger partial charge in [-0.15, -0.1) is 0 Å². The average molecular weight is 289 g/mol. The number of rotatable bonds is 6. The molecule has 2 N–H and O–H groups in total. The summed E-state index contributed by atoms with van der Waals surface area (Å²) in [5.74, 6) is 0.711. The van der Waals surface area contributed by atoms with Crippen LogP contribution >= 0.6 is 0 Å². The lowest BCUT2D eigenvalue weighted by Gasteiger charge is -2.17. The largest absolute Gasteiger partial charge is 0.493 e. The summed E-state index contributed by atoms with van der Waals surface area (Å²) in [6.45, 7) is 3.65. The van der Waals surface area contributed by atoms with Gasteiger partial charge >= 0.3 is 0 Å². The van der Waals surface area contributed by atoms with Gasteiger partial charge in [-0.1, -0.05) is 6.07 Å². The number of hydrogen-bond donors (Lipinski definition) is 1. The molecule has 0 aliphatic rings. The monoisotopic (exact) mass is 289 g/mol. The van der Waals surface area contributed by atoms with E-state index in [1.54, 1.807) is 19.5 Å². The van der Waals surface area contributed by atoms with Crippen molar-refractivity contribution < 1.29 is 4.74 Å². The Labute approximate surface area is 125 Å². The van der Waals surface area contributed by atoms with Crippen molar-refractivity contribution in [3.05, 3.63) is 41.5 Å². The van der Waals surface area contributed by atoms with Crippen LogP contribution in [-0.4, -0.2) is 47.4 Å². The summed E-state index contributed by atoms with van der Waals surface area (Å²) in [7, 11) is 5.70. The summed E-state index contributed by atoms with van der Waals surface area (Å²) in [6.07, 6.45) is 5.32. The Morgan fingerprint density at radius 2 is 2.10 bits per heavy atom. The molecule has 6 nitrogen and oxygen atoms in total. The van der Waals surface area contributed by atoms with Crippen molar-refractivity contribution >= 4 is 0 Å². The van der Waals surface area contributed by atoms with Crippen molar-refractivity contribution in [2.45, 2.75) is 19.5 Å². The van der Waals surface area contributed by atoms with Crippen LogP contribution in [0.15, 0.2) is 24.7 Å². The predicted molar refractivity (Wildman–Crippen MR) is 82.3 cm³/mol. The highest BCUT2D eigenvalue weighted by molar-refractivity contribution is 5.36. The number of aryl methyl sites for hydroxylation is 1. The number of methoxy groups -OCH3 is 1. The number of nitrogens with two attached hydrogens (primary N) is 1. The molecule has 1 unspecified atom stereocenters. The second-order valence-corrected chi connectivity index (χ2v) is 5.40. The van der Waals surface area contributed by atoms with E-state index in [9.17, 15) is 0 Å². The minimum Gasteiger partial charge on any atom is -0.493 e. The Bertz CT molecular complexity index is 593. The molecule has 1 atom stereocenters. The van der Waals surface area contributed by atoms with Gasteiger partial charge in [-0.05, 0) is 32.1 Å². The normalized spacial score (nSPS) is 12.7. The molecule has 2 aromatic heterocycles. The van der Waals surface area contributed by atoms with E-state index in [4.69, 9.17) is 10.5 Å². The topological polar surface area (TPSA) is 69.2 Å². The van der Waals surface area contributed by atoms with Crippen molar-refractivity contribution in [3.8, 4) is 5.75 Å². The van der Waals surface area contributed by atoms with Gasteiger partial charge in [0.25, 0.3) is 0 Å². The van der Waals surface area contributed by atoms with E-state index >= 15 is 0 Å². The Hall–Kier alpha value is -1.92. The van der Waals surface area contributed by atoms with Crippen molar-refractivity contribution in [3.63, 3.8) is 0 Å². The SMILES string of the molecule is COc1cnn(CCN(C)C)c1C(N)c1cncc(C)c1. The highest BCUT2D eigenvalue weighted by Crippen LogP contribution is 2.28. The van der Waals surface area contributed by atoms with Crippen LogP contribution in [0.3, 0.4) is 0 Å². The molecule has 2 rings (SSSR count). The maximum Gasteiger partial charge on any atom is 0.161 e. The molecule has 2 heterocycles. The first-order valence-electron chi connectivity index (χ1n) is 6.94. The molecule has 6 heteroatoms. The zero-order chi connectivity index (χ0) is 15.4. The lowest BCUT2D eigenvalue weighted by molar-refractivity contribution is 0.363. The predicted octanol–water partition coefficient (Wildman–Crippen LogP) is 1.20. The van der Waals surface area contributed by atoms with E-state index in [0.29, 0.717) is 5.75 Å². The second kappa shape index (κ2) is 6.69. The molecule has 0 fully saturated rings. The first-order chi connectivity index (χ1) is 10.0. The van der Waals surface area contributed by atoms with Gasteiger partial charge in [0.2, 0.25) is 0 Å². The third kappa shape index (κ3) is 3.59.